The average molecular weight is 153 g/mol. The molecule has 1 aromatic rings. The summed E-state index contributed by atoms with van der Waals surface area (Å²) in [4.78, 5) is 7.92. The molecule has 0 saturated heterocycles. The van der Waals surface area contributed by atoms with Crippen LogP contribution >= 0.6 is 0 Å². The molecule has 1 aromatic heterocycles. The molecule has 1 heterocycles. The number of hydrogen-bond acceptors (Lipinski definition) is 4. The highest BCUT2D eigenvalue weighted by atomic mass is 16.5. The minimum absolute atomic E-state index is 0.173. The summed E-state index contributed by atoms with van der Waals surface area (Å²) < 4.78 is 4.87. The van der Waals surface area contributed by atoms with Crippen LogP contribution in [-0.4, -0.2) is 23.7 Å². The van der Waals surface area contributed by atoms with E-state index in [0.717, 1.165) is 5.69 Å². The summed E-state index contributed by atoms with van der Waals surface area (Å²) in [5.41, 5.74) is 6.44. The highest BCUT2D eigenvalue weighted by Crippen LogP contribution is 2.03. The van der Waals surface area contributed by atoms with Crippen LogP contribution in [0.3, 0.4) is 0 Å². The molecule has 4 heteroatoms. The molecule has 1 atom stereocenters. The van der Waals surface area contributed by atoms with Gasteiger partial charge in [0.25, 0.3) is 0 Å². The molecule has 60 valence electrons. The molecule has 0 radical (unpaired) electrons. The van der Waals surface area contributed by atoms with E-state index >= 15 is 0 Å². The van der Waals surface area contributed by atoms with Crippen molar-refractivity contribution >= 4 is 0 Å². The van der Waals surface area contributed by atoms with E-state index < -0.39 is 0 Å². The highest BCUT2D eigenvalue weighted by molar-refractivity contribution is 5.00. The first kappa shape index (κ1) is 8.10. The van der Waals surface area contributed by atoms with Gasteiger partial charge >= 0.3 is 0 Å². The molecule has 0 aliphatic heterocycles. The van der Waals surface area contributed by atoms with E-state index in [1.807, 2.05) is 0 Å². The summed E-state index contributed by atoms with van der Waals surface area (Å²) in [6.45, 7) is 0.471. The molecule has 1 rings (SSSR count). The largest absolute Gasteiger partial charge is 0.383 e. The zero-order valence-corrected chi connectivity index (χ0v) is 6.40. The number of aromatic nitrogens is 2. The zero-order chi connectivity index (χ0) is 8.10. The number of ether oxygens (including phenoxy) is 1. The van der Waals surface area contributed by atoms with E-state index in [2.05, 4.69) is 9.97 Å². The summed E-state index contributed by atoms with van der Waals surface area (Å²) in [7, 11) is 1.61. The van der Waals surface area contributed by atoms with Gasteiger partial charge in [-0.05, 0) is 0 Å². The first-order valence-corrected chi connectivity index (χ1v) is 3.35. The molecule has 0 spiro atoms. The van der Waals surface area contributed by atoms with Crippen molar-refractivity contribution in [2.75, 3.05) is 13.7 Å². The Morgan fingerprint density at radius 3 is 3.00 bits per heavy atom. The van der Waals surface area contributed by atoms with Crippen molar-refractivity contribution in [3.63, 3.8) is 0 Å². The lowest BCUT2D eigenvalue weighted by Gasteiger charge is -2.07. The third-order valence-corrected chi connectivity index (χ3v) is 1.31. The zero-order valence-electron chi connectivity index (χ0n) is 6.40. The van der Waals surface area contributed by atoms with Gasteiger partial charge in [-0.1, -0.05) is 0 Å². The smallest absolute Gasteiger partial charge is 0.0777 e. The minimum Gasteiger partial charge on any atom is -0.383 e. The van der Waals surface area contributed by atoms with Gasteiger partial charge in [-0.15, -0.1) is 0 Å². The van der Waals surface area contributed by atoms with Crippen molar-refractivity contribution in [1.29, 1.82) is 0 Å². The Kier molecular flexibility index (Phi) is 2.95. The number of methoxy groups -OCH3 is 1. The molecule has 0 aromatic carbocycles. The van der Waals surface area contributed by atoms with Crippen LogP contribution < -0.4 is 5.73 Å². The predicted octanol–water partition coefficient (Wildman–Crippen LogP) is 0.123. The summed E-state index contributed by atoms with van der Waals surface area (Å²) in [6.07, 6.45) is 4.87. The average Bonchev–Trinajstić information content (AvgIpc) is 2.07. The van der Waals surface area contributed by atoms with Crippen molar-refractivity contribution in [2.45, 2.75) is 6.04 Å². The third-order valence-electron chi connectivity index (χ3n) is 1.31. The van der Waals surface area contributed by atoms with Crippen molar-refractivity contribution in [2.24, 2.45) is 5.73 Å². The highest BCUT2D eigenvalue weighted by Gasteiger charge is 2.04. The molecule has 0 bridgehead atoms. The monoisotopic (exact) mass is 153 g/mol. The van der Waals surface area contributed by atoms with Gasteiger partial charge in [-0.2, -0.15) is 0 Å². The lowest BCUT2D eigenvalue weighted by atomic mass is 10.2. The van der Waals surface area contributed by atoms with E-state index in [1.54, 1.807) is 25.7 Å². The fourth-order valence-electron chi connectivity index (χ4n) is 0.767. The van der Waals surface area contributed by atoms with Gasteiger partial charge in [0.05, 0.1) is 24.5 Å². The Labute approximate surface area is 65.4 Å². The van der Waals surface area contributed by atoms with Crippen LogP contribution in [0.15, 0.2) is 18.6 Å². The first-order chi connectivity index (χ1) is 5.34. The van der Waals surface area contributed by atoms with E-state index in [9.17, 15) is 0 Å². The van der Waals surface area contributed by atoms with Gasteiger partial charge in [0.1, 0.15) is 0 Å². The molecule has 0 fully saturated rings. The molecular formula is C7H11N3O. The van der Waals surface area contributed by atoms with Gasteiger partial charge in [0.2, 0.25) is 0 Å². The van der Waals surface area contributed by atoms with Crippen LogP contribution in [0, 0.1) is 0 Å². The Morgan fingerprint density at radius 1 is 1.64 bits per heavy atom. The number of hydrogen-bond donors (Lipinski definition) is 1. The molecule has 1 unspecified atom stereocenters. The fraction of sp³-hybridized carbons (Fsp3) is 0.429. The Bertz CT molecular complexity index is 202. The fourth-order valence-corrected chi connectivity index (χ4v) is 0.767. The molecule has 0 aliphatic carbocycles. The van der Waals surface area contributed by atoms with Gasteiger partial charge in [0.15, 0.2) is 0 Å². The van der Waals surface area contributed by atoms with Crippen LogP contribution in [0.2, 0.25) is 0 Å². The maximum atomic E-state index is 5.68. The van der Waals surface area contributed by atoms with Crippen LogP contribution in [0.4, 0.5) is 0 Å². The standard InChI is InChI=1S/C7H11N3O/c1-11-5-6(8)7-4-9-2-3-10-7/h2-4,6H,5,8H2,1H3. The third kappa shape index (κ3) is 2.25. The molecule has 2 N–H and O–H groups in total. The van der Waals surface area contributed by atoms with Crippen molar-refractivity contribution in [1.82, 2.24) is 9.97 Å². The minimum atomic E-state index is -0.173. The second kappa shape index (κ2) is 4.00. The summed E-state index contributed by atoms with van der Waals surface area (Å²) in [6, 6.07) is -0.173. The molecule has 11 heavy (non-hydrogen) atoms. The normalized spacial score (nSPS) is 12.9. The van der Waals surface area contributed by atoms with Crippen molar-refractivity contribution in [3.05, 3.63) is 24.3 Å². The van der Waals surface area contributed by atoms with Gasteiger partial charge in [-0.3, -0.25) is 9.97 Å². The van der Waals surface area contributed by atoms with Gasteiger partial charge in [-0.25, -0.2) is 0 Å². The molecular weight excluding hydrogens is 142 g/mol. The van der Waals surface area contributed by atoms with Crippen LogP contribution in [0.25, 0.3) is 0 Å². The SMILES string of the molecule is COCC(N)c1cnccn1. The Morgan fingerprint density at radius 2 is 2.45 bits per heavy atom. The maximum Gasteiger partial charge on any atom is 0.0777 e. The number of nitrogens with zero attached hydrogens (tertiary/aromatic N) is 2. The predicted molar refractivity (Wildman–Crippen MR) is 40.8 cm³/mol. The van der Waals surface area contributed by atoms with Gasteiger partial charge in [0, 0.05) is 19.5 Å². The maximum absolute atomic E-state index is 5.68. The van der Waals surface area contributed by atoms with E-state index in [1.165, 1.54) is 0 Å². The lowest BCUT2D eigenvalue weighted by Crippen LogP contribution is -2.17. The Balaban J connectivity index is 2.61. The first-order valence-electron chi connectivity index (χ1n) is 3.35. The summed E-state index contributed by atoms with van der Waals surface area (Å²) >= 11 is 0. The molecule has 4 nitrogen and oxygen atoms in total. The summed E-state index contributed by atoms with van der Waals surface area (Å²) in [5, 5.41) is 0. The quantitative estimate of drug-likeness (QED) is 0.670. The second-order valence-corrected chi connectivity index (χ2v) is 2.19. The van der Waals surface area contributed by atoms with Crippen molar-refractivity contribution < 1.29 is 4.74 Å². The van der Waals surface area contributed by atoms with Crippen molar-refractivity contribution in [3.8, 4) is 0 Å². The molecule has 0 saturated carbocycles. The second-order valence-electron chi connectivity index (χ2n) is 2.19. The number of nitrogens with two attached hydrogens (primary N) is 1. The molecule has 0 aliphatic rings. The van der Waals surface area contributed by atoms with E-state index in [4.69, 9.17) is 10.5 Å². The molecule has 0 amide bonds. The summed E-state index contributed by atoms with van der Waals surface area (Å²) in [5.74, 6) is 0. The Hall–Kier alpha value is -1.00. The van der Waals surface area contributed by atoms with Crippen LogP contribution in [0.5, 0.6) is 0 Å². The van der Waals surface area contributed by atoms with Crippen LogP contribution in [0.1, 0.15) is 11.7 Å². The van der Waals surface area contributed by atoms with E-state index in [0.29, 0.717) is 6.61 Å². The van der Waals surface area contributed by atoms with E-state index in [-0.39, 0.29) is 6.04 Å². The van der Waals surface area contributed by atoms with Crippen LogP contribution in [-0.2, 0) is 4.74 Å². The number of rotatable bonds is 3. The van der Waals surface area contributed by atoms with Gasteiger partial charge < -0.3 is 10.5 Å². The topological polar surface area (TPSA) is 61.0 Å². The lowest BCUT2D eigenvalue weighted by molar-refractivity contribution is 0.179.